The van der Waals surface area contributed by atoms with E-state index in [1.165, 1.54) is 0 Å². The number of hydrogen-bond acceptors (Lipinski definition) is 2. The fourth-order valence-electron chi connectivity index (χ4n) is 2.65. The minimum Gasteiger partial charge on any atom is -0.322 e. The SMILES string of the molecule is C=Cc1cc2cccc(C(=O)Nc3ccc(S)cc3)c2cc1C=C.CC. The van der Waals surface area contributed by atoms with E-state index in [0.29, 0.717) is 5.56 Å². The summed E-state index contributed by atoms with van der Waals surface area (Å²) < 4.78 is 0. The van der Waals surface area contributed by atoms with Gasteiger partial charge in [-0.1, -0.05) is 51.3 Å². The van der Waals surface area contributed by atoms with Gasteiger partial charge in [0.15, 0.2) is 0 Å². The van der Waals surface area contributed by atoms with Crippen LogP contribution >= 0.6 is 12.6 Å². The van der Waals surface area contributed by atoms with Crippen molar-refractivity contribution in [3.8, 4) is 0 Å². The second-order valence-electron chi connectivity index (χ2n) is 5.42. The fourth-order valence-corrected chi connectivity index (χ4v) is 2.80. The van der Waals surface area contributed by atoms with E-state index in [1.807, 2.05) is 68.4 Å². The lowest BCUT2D eigenvalue weighted by Crippen LogP contribution is -2.12. The molecule has 132 valence electrons. The molecule has 3 aromatic carbocycles. The maximum Gasteiger partial charge on any atom is 0.256 e. The van der Waals surface area contributed by atoms with Crippen molar-refractivity contribution in [3.63, 3.8) is 0 Å². The van der Waals surface area contributed by atoms with Gasteiger partial charge >= 0.3 is 0 Å². The summed E-state index contributed by atoms with van der Waals surface area (Å²) in [6, 6.07) is 17.0. The number of carbonyl (C=O) groups is 1. The van der Waals surface area contributed by atoms with Crippen molar-refractivity contribution < 1.29 is 4.79 Å². The molecule has 0 aliphatic heterocycles. The Morgan fingerprint density at radius 3 is 2.19 bits per heavy atom. The molecule has 0 aliphatic carbocycles. The molecule has 0 heterocycles. The van der Waals surface area contributed by atoms with E-state index in [0.717, 1.165) is 32.5 Å². The number of nitrogens with one attached hydrogen (secondary N) is 1. The maximum absolute atomic E-state index is 12.7. The summed E-state index contributed by atoms with van der Waals surface area (Å²) in [4.78, 5) is 13.5. The first kappa shape index (κ1) is 19.5. The molecule has 0 atom stereocenters. The molecule has 0 unspecified atom stereocenters. The topological polar surface area (TPSA) is 29.1 Å². The molecule has 2 nitrogen and oxygen atoms in total. The van der Waals surface area contributed by atoms with E-state index < -0.39 is 0 Å². The van der Waals surface area contributed by atoms with Gasteiger partial charge in [-0.25, -0.2) is 0 Å². The highest BCUT2D eigenvalue weighted by Gasteiger charge is 2.11. The molecular weight excluding hydrogens is 338 g/mol. The first-order valence-electron chi connectivity index (χ1n) is 8.54. The fraction of sp³-hybridized carbons (Fsp3) is 0.0870. The molecule has 0 fully saturated rings. The third kappa shape index (κ3) is 4.24. The van der Waals surface area contributed by atoms with Gasteiger partial charge in [0.25, 0.3) is 5.91 Å². The first-order valence-corrected chi connectivity index (χ1v) is 8.99. The molecule has 26 heavy (non-hydrogen) atoms. The monoisotopic (exact) mass is 361 g/mol. The number of thiol groups is 1. The number of amides is 1. The van der Waals surface area contributed by atoms with Crippen LogP contribution in [-0.2, 0) is 0 Å². The molecule has 1 amide bonds. The van der Waals surface area contributed by atoms with Gasteiger partial charge in [-0.3, -0.25) is 4.79 Å². The Labute approximate surface area is 160 Å². The van der Waals surface area contributed by atoms with E-state index in [4.69, 9.17) is 0 Å². The van der Waals surface area contributed by atoms with Crippen LogP contribution in [0.1, 0.15) is 35.3 Å². The van der Waals surface area contributed by atoms with Crippen LogP contribution in [-0.4, -0.2) is 5.91 Å². The van der Waals surface area contributed by atoms with Gasteiger partial charge in [0.05, 0.1) is 0 Å². The second kappa shape index (κ2) is 9.07. The predicted molar refractivity (Wildman–Crippen MR) is 117 cm³/mol. The summed E-state index contributed by atoms with van der Waals surface area (Å²) >= 11 is 4.25. The van der Waals surface area contributed by atoms with Gasteiger partial charge in [0.2, 0.25) is 0 Å². The minimum absolute atomic E-state index is 0.145. The molecule has 0 saturated heterocycles. The Balaban J connectivity index is 0.00000117. The zero-order valence-corrected chi connectivity index (χ0v) is 16.0. The maximum atomic E-state index is 12.7. The number of anilines is 1. The summed E-state index contributed by atoms with van der Waals surface area (Å²) in [5.41, 5.74) is 3.32. The molecule has 3 heteroatoms. The largest absolute Gasteiger partial charge is 0.322 e. The quantitative estimate of drug-likeness (QED) is 0.498. The molecule has 0 saturated carbocycles. The molecule has 0 bridgehead atoms. The van der Waals surface area contributed by atoms with Crippen molar-refractivity contribution >= 4 is 47.1 Å². The van der Waals surface area contributed by atoms with E-state index >= 15 is 0 Å². The van der Waals surface area contributed by atoms with Gasteiger partial charge in [-0.15, -0.1) is 12.6 Å². The van der Waals surface area contributed by atoms with E-state index in [2.05, 4.69) is 31.1 Å². The van der Waals surface area contributed by atoms with Crippen molar-refractivity contribution in [2.75, 3.05) is 5.32 Å². The molecule has 1 N–H and O–H groups in total. The zero-order valence-electron chi connectivity index (χ0n) is 15.1. The third-order valence-corrected chi connectivity index (χ3v) is 4.19. The number of fused-ring (bicyclic) bond motifs is 1. The van der Waals surface area contributed by atoms with Gasteiger partial charge < -0.3 is 5.32 Å². The van der Waals surface area contributed by atoms with Crippen LogP contribution in [0.15, 0.2) is 72.7 Å². The molecule has 0 aromatic heterocycles. The van der Waals surface area contributed by atoms with Crippen molar-refractivity contribution in [1.29, 1.82) is 0 Å². The zero-order chi connectivity index (χ0) is 19.1. The van der Waals surface area contributed by atoms with Crippen LogP contribution in [0, 0.1) is 0 Å². The Morgan fingerprint density at radius 2 is 1.58 bits per heavy atom. The number of hydrogen-bond donors (Lipinski definition) is 2. The molecule has 0 radical (unpaired) electrons. The van der Waals surface area contributed by atoms with E-state index in [1.54, 1.807) is 12.2 Å². The van der Waals surface area contributed by atoms with Crippen molar-refractivity contribution in [2.45, 2.75) is 18.7 Å². The lowest BCUT2D eigenvalue weighted by atomic mass is 9.97. The molecule has 0 spiro atoms. The van der Waals surface area contributed by atoms with Crippen molar-refractivity contribution in [3.05, 3.63) is 84.4 Å². The summed E-state index contributed by atoms with van der Waals surface area (Å²) in [6.45, 7) is 11.7. The van der Waals surface area contributed by atoms with Crippen LogP contribution in [0.3, 0.4) is 0 Å². The number of carbonyl (C=O) groups excluding carboxylic acids is 1. The Kier molecular flexibility index (Phi) is 6.81. The number of benzene rings is 3. The first-order chi connectivity index (χ1) is 12.6. The van der Waals surface area contributed by atoms with Crippen molar-refractivity contribution in [2.24, 2.45) is 0 Å². The summed E-state index contributed by atoms with van der Waals surface area (Å²) in [6.07, 6.45) is 3.57. The Morgan fingerprint density at radius 1 is 0.962 bits per heavy atom. The van der Waals surface area contributed by atoms with Crippen molar-refractivity contribution in [1.82, 2.24) is 0 Å². The highest BCUT2D eigenvalue weighted by molar-refractivity contribution is 7.80. The third-order valence-electron chi connectivity index (χ3n) is 3.89. The van der Waals surface area contributed by atoms with Crippen LogP contribution < -0.4 is 5.32 Å². The van der Waals surface area contributed by atoms with Crippen LogP contribution in [0.4, 0.5) is 5.69 Å². The Hall–Kier alpha value is -2.78. The molecule has 3 aromatic rings. The van der Waals surface area contributed by atoms with Crippen LogP contribution in [0.25, 0.3) is 22.9 Å². The van der Waals surface area contributed by atoms with Crippen LogP contribution in [0.2, 0.25) is 0 Å². The molecule has 3 rings (SSSR count). The average molecular weight is 362 g/mol. The smallest absolute Gasteiger partial charge is 0.256 e. The van der Waals surface area contributed by atoms with E-state index in [-0.39, 0.29) is 5.91 Å². The van der Waals surface area contributed by atoms with E-state index in [9.17, 15) is 4.79 Å². The van der Waals surface area contributed by atoms with Crippen LogP contribution in [0.5, 0.6) is 0 Å². The molecule has 0 aliphatic rings. The molecular formula is C23H23NOS. The normalized spacial score (nSPS) is 9.81. The van der Waals surface area contributed by atoms with Gasteiger partial charge in [-0.2, -0.15) is 0 Å². The lowest BCUT2D eigenvalue weighted by molar-refractivity contribution is 0.102. The predicted octanol–water partition coefficient (Wildman–Crippen LogP) is 6.69. The number of rotatable bonds is 4. The average Bonchev–Trinajstić information content (AvgIpc) is 2.69. The highest BCUT2D eigenvalue weighted by atomic mass is 32.1. The summed E-state index contributed by atoms with van der Waals surface area (Å²) in [5.74, 6) is -0.145. The summed E-state index contributed by atoms with van der Waals surface area (Å²) in [5, 5.41) is 4.81. The lowest BCUT2D eigenvalue weighted by Gasteiger charge is -2.11. The van der Waals surface area contributed by atoms with Gasteiger partial charge in [0, 0.05) is 16.1 Å². The second-order valence-corrected chi connectivity index (χ2v) is 5.93. The Bertz CT molecular complexity index is 942. The minimum atomic E-state index is -0.145. The standard InChI is InChI=1S/C21H17NOS.C2H6/c1-3-14-12-16-6-5-7-19(20(16)13-15(14)4-2)21(23)22-17-8-10-18(24)11-9-17;1-2/h3-13,24H,1-2H2,(H,22,23);1-2H3. The highest BCUT2D eigenvalue weighted by Crippen LogP contribution is 2.26. The summed E-state index contributed by atoms with van der Waals surface area (Å²) in [7, 11) is 0. The van der Waals surface area contributed by atoms with Gasteiger partial charge in [-0.05, 0) is 64.4 Å². The van der Waals surface area contributed by atoms with Gasteiger partial charge in [0.1, 0.15) is 0 Å².